The maximum atomic E-state index is 12.1. The Hall–Kier alpha value is 0.720. The Morgan fingerprint density at radius 1 is 0.938 bits per heavy atom. The summed E-state index contributed by atoms with van der Waals surface area (Å²) in [7, 11) is -3.19. The first-order valence-electron chi connectivity index (χ1n) is 5.29. The molecule has 0 fully saturated rings. The summed E-state index contributed by atoms with van der Waals surface area (Å²) < 4.78 is 33.0. The second-order valence-corrected chi connectivity index (χ2v) is 8.23. The van der Waals surface area contributed by atoms with Crippen molar-refractivity contribution < 1.29 is 22.4 Å². The van der Waals surface area contributed by atoms with Crippen LogP contribution >= 0.6 is 14.3 Å². The first kappa shape index (κ1) is 16.7. The number of hydrogen-bond acceptors (Lipinski definition) is 6. The smallest absolute Gasteiger partial charge is 0.309 e. The molecule has 0 aromatic rings. The quantitative estimate of drug-likeness (QED) is 0.605. The highest BCUT2D eigenvalue weighted by molar-refractivity contribution is 8.09. The molecule has 98 valence electrons. The molecule has 0 aliphatic heterocycles. The Morgan fingerprint density at radius 3 is 1.69 bits per heavy atom. The van der Waals surface area contributed by atoms with Crippen LogP contribution in [0.4, 0.5) is 0 Å². The molecule has 0 rings (SSSR count). The molecule has 0 aromatic carbocycles. The topological polar surface area (TPSA) is 54.0 Å². The van der Waals surface area contributed by atoms with Gasteiger partial charge in [-0.3, -0.25) is 4.57 Å². The Bertz CT molecular complexity index is 274. The second-order valence-electron chi connectivity index (χ2n) is 2.71. The molecule has 1 atom stereocenters. The third-order valence-corrected chi connectivity index (χ3v) is 7.11. The summed E-state index contributed by atoms with van der Waals surface area (Å²) in [4.78, 5) is 0. The normalized spacial score (nSPS) is 16.0. The summed E-state index contributed by atoms with van der Waals surface area (Å²) in [5, 5.41) is 0. The highest BCUT2D eigenvalue weighted by Gasteiger charge is 2.32. The van der Waals surface area contributed by atoms with Crippen molar-refractivity contribution in [1.29, 1.82) is 0 Å². The summed E-state index contributed by atoms with van der Waals surface area (Å²) in [6.07, 6.45) is 0.249. The van der Waals surface area contributed by atoms with Crippen molar-refractivity contribution in [3.05, 3.63) is 0 Å². The van der Waals surface area contributed by atoms with Crippen LogP contribution in [0.2, 0.25) is 0 Å². The van der Waals surface area contributed by atoms with Crippen molar-refractivity contribution in [2.75, 3.05) is 26.0 Å². The van der Waals surface area contributed by atoms with E-state index in [2.05, 4.69) is 0 Å². The fraction of sp³-hybridized carbons (Fsp3) is 1.00. The summed E-state index contributed by atoms with van der Waals surface area (Å²) in [6.45, 7) is 5.09. The van der Waals surface area contributed by atoms with E-state index in [-0.39, 0.29) is 6.16 Å². The Morgan fingerprint density at radius 2 is 1.38 bits per heavy atom. The number of rotatable bonds is 9. The van der Waals surface area contributed by atoms with Gasteiger partial charge in [-0.05, 0) is 32.6 Å². The molecule has 0 amide bonds. The third kappa shape index (κ3) is 5.87. The molecule has 0 aliphatic rings. The number of hydrogen-bond donors (Lipinski definition) is 0. The molecular weight excluding hydrogens is 270 g/mol. The van der Waals surface area contributed by atoms with Crippen LogP contribution in [0, 0.1) is 0 Å². The molecule has 0 N–H and O–H groups in total. The van der Waals surface area contributed by atoms with Crippen molar-refractivity contribution in [3.8, 4) is 0 Å². The molecular formula is C8H20O5P2S. The first-order chi connectivity index (χ1) is 7.45. The van der Waals surface area contributed by atoms with Gasteiger partial charge in [0.05, 0.1) is 19.8 Å². The van der Waals surface area contributed by atoms with Crippen molar-refractivity contribution in [2.45, 2.75) is 27.7 Å². The highest BCUT2D eigenvalue weighted by Crippen LogP contribution is 2.65. The Balaban J connectivity index is 4.71. The van der Waals surface area contributed by atoms with Crippen LogP contribution < -0.4 is 0 Å². The van der Waals surface area contributed by atoms with Crippen LogP contribution in [0.5, 0.6) is 0 Å². The van der Waals surface area contributed by atoms with Gasteiger partial charge in [0.15, 0.2) is 0 Å². The van der Waals surface area contributed by atoms with Gasteiger partial charge in [-0.15, -0.1) is 0 Å². The van der Waals surface area contributed by atoms with E-state index in [4.69, 9.17) is 29.7 Å². The lowest BCUT2D eigenvalue weighted by Crippen LogP contribution is -2.02. The largest absolute Gasteiger partial charge is 0.337 e. The Labute approximate surface area is 103 Å². The minimum atomic E-state index is -3.19. The van der Waals surface area contributed by atoms with Crippen LogP contribution in [-0.4, -0.2) is 26.0 Å². The highest BCUT2D eigenvalue weighted by atomic mass is 32.5. The SMILES string of the molecule is CCOP(=O)(CC)OP(=S)(OCC)OCC. The predicted molar refractivity (Wildman–Crippen MR) is 68.4 cm³/mol. The summed E-state index contributed by atoms with van der Waals surface area (Å²) in [5.41, 5.74) is 0. The molecule has 0 saturated heterocycles. The zero-order valence-electron chi connectivity index (χ0n) is 10.2. The van der Waals surface area contributed by atoms with E-state index in [0.29, 0.717) is 19.8 Å². The van der Waals surface area contributed by atoms with E-state index in [1.807, 2.05) is 0 Å². The standard InChI is InChI=1S/C8H20O5P2S/c1-5-10-14(9,8-4)13-15(16,11-6-2)12-7-3/h5-8H2,1-4H3. The summed E-state index contributed by atoms with van der Waals surface area (Å²) in [5.74, 6) is 0. The minimum Gasteiger partial charge on any atom is -0.309 e. The molecule has 0 heterocycles. The third-order valence-electron chi connectivity index (χ3n) is 1.51. The van der Waals surface area contributed by atoms with Gasteiger partial charge in [0.2, 0.25) is 0 Å². The maximum absolute atomic E-state index is 12.1. The van der Waals surface area contributed by atoms with E-state index in [1.165, 1.54) is 0 Å². The first-order valence-corrected chi connectivity index (χ1v) is 9.57. The van der Waals surface area contributed by atoms with E-state index >= 15 is 0 Å². The van der Waals surface area contributed by atoms with E-state index < -0.39 is 14.3 Å². The van der Waals surface area contributed by atoms with Crippen molar-refractivity contribution >= 4 is 26.1 Å². The molecule has 0 aliphatic carbocycles. The molecule has 1 unspecified atom stereocenters. The molecule has 5 nitrogen and oxygen atoms in total. The van der Waals surface area contributed by atoms with Gasteiger partial charge in [-0.25, -0.2) is 4.31 Å². The van der Waals surface area contributed by atoms with E-state index in [9.17, 15) is 4.57 Å². The van der Waals surface area contributed by atoms with E-state index in [0.717, 1.165) is 0 Å². The van der Waals surface area contributed by atoms with Gasteiger partial charge in [0, 0.05) is 6.16 Å². The van der Waals surface area contributed by atoms with Gasteiger partial charge in [0.25, 0.3) is 0 Å². The van der Waals surface area contributed by atoms with Gasteiger partial charge in [-0.2, -0.15) is 0 Å². The minimum absolute atomic E-state index is 0.249. The molecule has 0 radical (unpaired) electrons. The molecule has 0 saturated carbocycles. The lowest BCUT2D eigenvalue weighted by Gasteiger charge is -2.24. The molecule has 0 aromatic heterocycles. The van der Waals surface area contributed by atoms with Gasteiger partial charge in [-0.1, -0.05) is 6.92 Å². The fourth-order valence-corrected chi connectivity index (χ4v) is 6.00. The van der Waals surface area contributed by atoms with E-state index in [1.54, 1.807) is 27.7 Å². The van der Waals surface area contributed by atoms with Crippen LogP contribution in [-0.2, 0) is 34.3 Å². The van der Waals surface area contributed by atoms with Gasteiger partial charge in [0.1, 0.15) is 0 Å². The van der Waals surface area contributed by atoms with Gasteiger partial charge >= 0.3 is 14.3 Å². The molecule has 16 heavy (non-hydrogen) atoms. The summed E-state index contributed by atoms with van der Waals surface area (Å²) in [6, 6.07) is 0. The van der Waals surface area contributed by atoms with Crippen LogP contribution in [0.15, 0.2) is 0 Å². The Kier molecular flexibility index (Phi) is 8.29. The van der Waals surface area contributed by atoms with Crippen molar-refractivity contribution in [3.63, 3.8) is 0 Å². The molecule has 8 heteroatoms. The fourth-order valence-electron chi connectivity index (χ4n) is 0.922. The average Bonchev–Trinajstić information content (AvgIpc) is 2.18. The van der Waals surface area contributed by atoms with Crippen LogP contribution in [0.25, 0.3) is 0 Å². The van der Waals surface area contributed by atoms with Crippen LogP contribution in [0.1, 0.15) is 27.7 Å². The summed E-state index contributed by atoms with van der Waals surface area (Å²) >= 11 is 5.12. The average molecular weight is 290 g/mol. The van der Waals surface area contributed by atoms with Gasteiger partial charge < -0.3 is 13.6 Å². The zero-order valence-corrected chi connectivity index (χ0v) is 12.8. The molecule has 0 bridgehead atoms. The monoisotopic (exact) mass is 290 g/mol. The lowest BCUT2D eigenvalue weighted by atomic mass is 10.9. The zero-order chi connectivity index (χ0) is 12.7. The van der Waals surface area contributed by atoms with Crippen LogP contribution in [0.3, 0.4) is 0 Å². The van der Waals surface area contributed by atoms with Crippen molar-refractivity contribution in [2.24, 2.45) is 0 Å². The lowest BCUT2D eigenvalue weighted by molar-refractivity contribution is 0.198. The predicted octanol–water partition coefficient (Wildman–Crippen LogP) is 3.55. The second kappa shape index (κ2) is 7.93. The van der Waals surface area contributed by atoms with Crippen molar-refractivity contribution in [1.82, 2.24) is 0 Å². The maximum Gasteiger partial charge on any atom is 0.337 e. The molecule has 0 spiro atoms.